The first-order valence-electron chi connectivity index (χ1n) is 10.5. The summed E-state index contributed by atoms with van der Waals surface area (Å²) in [4.78, 5) is 2.43. The minimum absolute atomic E-state index is 0.254. The molecule has 0 bridgehead atoms. The van der Waals surface area contributed by atoms with Gasteiger partial charge >= 0.3 is 0 Å². The first kappa shape index (κ1) is 24.8. The highest BCUT2D eigenvalue weighted by molar-refractivity contribution is 7.89. The second-order valence-electron chi connectivity index (χ2n) is 6.80. The van der Waals surface area contributed by atoms with E-state index in [1.165, 1.54) is 4.31 Å². The van der Waals surface area contributed by atoms with Gasteiger partial charge in [0.1, 0.15) is 0 Å². The zero-order valence-electron chi connectivity index (χ0n) is 18.1. The molecule has 0 aromatic heterocycles. The van der Waals surface area contributed by atoms with Gasteiger partial charge in [0.15, 0.2) is 5.11 Å². The lowest BCUT2D eigenvalue weighted by molar-refractivity contribution is 0.123. The van der Waals surface area contributed by atoms with Gasteiger partial charge < -0.3 is 25.0 Å². The van der Waals surface area contributed by atoms with Crippen molar-refractivity contribution in [1.82, 2.24) is 9.62 Å². The molecule has 0 radical (unpaired) electrons. The Hall–Kier alpha value is -1.46. The Morgan fingerprint density at radius 3 is 2.57 bits per heavy atom. The standard InChI is InChI=1S/C20H34N4O4S2/c1-4-24(5-2)30(25,26)17-8-9-19(23-11-14-28-15-12-23)18(16-17)22-20(29)21-10-7-13-27-6-3/h8-9,16H,4-7,10-15H2,1-3H3,(H2,21,22,29). The van der Waals surface area contributed by atoms with Crippen LogP contribution in [0.4, 0.5) is 11.4 Å². The van der Waals surface area contributed by atoms with Crippen LogP contribution in [0.5, 0.6) is 0 Å². The lowest BCUT2D eigenvalue weighted by Crippen LogP contribution is -2.37. The van der Waals surface area contributed by atoms with Crippen molar-refractivity contribution in [2.24, 2.45) is 0 Å². The number of hydrogen-bond acceptors (Lipinski definition) is 6. The maximum Gasteiger partial charge on any atom is 0.243 e. The van der Waals surface area contributed by atoms with Crippen molar-refractivity contribution in [1.29, 1.82) is 0 Å². The zero-order valence-corrected chi connectivity index (χ0v) is 19.8. The molecule has 0 unspecified atom stereocenters. The number of rotatable bonds is 11. The monoisotopic (exact) mass is 458 g/mol. The molecule has 1 saturated heterocycles. The van der Waals surface area contributed by atoms with Crippen LogP contribution in [0.25, 0.3) is 0 Å². The lowest BCUT2D eigenvalue weighted by atomic mass is 10.2. The van der Waals surface area contributed by atoms with Crippen LogP contribution in [0.2, 0.25) is 0 Å². The molecule has 170 valence electrons. The Kier molecular flexibility index (Phi) is 10.3. The Balaban J connectivity index is 2.23. The van der Waals surface area contributed by atoms with Gasteiger partial charge in [-0.15, -0.1) is 0 Å². The normalized spacial score (nSPS) is 14.7. The third-order valence-corrected chi connectivity index (χ3v) is 7.16. The van der Waals surface area contributed by atoms with Gasteiger partial charge in [-0.2, -0.15) is 4.31 Å². The average Bonchev–Trinajstić information content (AvgIpc) is 2.75. The summed E-state index contributed by atoms with van der Waals surface area (Å²) in [6.07, 6.45) is 0.836. The van der Waals surface area contributed by atoms with Crippen molar-refractivity contribution in [3.8, 4) is 0 Å². The van der Waals surface area contributed by atoms with E-state index in [0.717, 1.165) is 25.2 Å². The Morgan fingerprint density at radius 1 is 1.23 bits per heavy atom. The fourth-order valence-electron chi connectivity index (χ4n) is 3.26. The van der Waals surface area contributed by atoms with E-state index in [2.05, 4.69) is 15.5 Å². The minimum Gasteiger partial charge on any atom is -0.382 e. The van der Waals surface area contributed by atoms with Gasteiger partial charge in [0, 0.05) is 45.9 Å². The number of ether oxygens (including phenoxy) is 2. The number of anilines is 2. The van der Waals surface area contributed by atoms with E-state index in [9.17, 15) is 8.42 Å². The van der Waals surface area contributed by atoms with Gasteiger partial charge in [-0.3, -0.25) is 0 Å². The van der Waals surface area contributed by atoms with E-state index in [0.29, 0.717) is 56.9 Å². The zero-order chi connectivity index (χ0) is 22.0. The second kappa shape index (κ2) is 12.4. The number of benzene rings is 1. The summed E-state index contributed by atoms with van der Waals surface area (Å²) < 4.78 is 38.2. The molecule has 1 aromatic carbocycles. The van der Waals surface area contributed by atoms with E-state index in [-0.39, 0.29) is 4.90 Å². The molecule has 8 nitrogen and oxygen atoms in total. The van der Waals surface area contributed by atoms with Crippen LogP contribution in [-0.4, -0.2) is 77.0 Å². The molecule has 10 heteroatoms. The Bertz CT molecular complexity index is 779. The van der Waals surface area contributed by atoms with Crippen LogP contribution in [0.15, 0.2) is 23.1 Å². The SMILES string of the molecule is CCOCCCNC(=S)Nc1cc(S(=O)(=O)N(CC)CC)ccc1N1CCOCC1. The fourth-order valence-corrected chi connectivity index (χ4v) is 4.95. The molecule has 0 spiro atoms. The lowest BCUT2D eigenvalue weighted by Gasteiger charge is -2.31. The summed E-state index contributed by atoms with van der Waals surface area (Å²) in [5.41, 5.74) is 1.59. The van der Waals surface area contributed by atoms with Gasteiger partial charge in [0.25, 0.3) is 0 Å². The number of nitrogens with zero attached hydrogens (tertiary/aromatic N) is 2. The second-order valence-corrected chi connectivity index (χ2v) is 9.15. The quantitative estimate of drug-likeness (QED) is 0.386. The van der Waals surface area contributed by atoms with Crippen molar-refractivity contribution in [2.75, 3.05) is 69.4 Å². The first-order chi connectivity index (χ1) is 14.4. The number of thiocarbonyl (C=S) groups is 1. The molecule has 1 aromatic rings. The highest BCUT2D eigenvalue weighted by Gasteiger charge is 2.24. The summed E-state index contributed by atoms with van der Waals surface area (Å²) in [6.45, 7) is 11.3. The smallest absolute Gasteiger partial charge is 0.243 e. The average molecular weight is 459 g/mol. The van der Waals surface area contributed by atoms with Gasteiger partial charge in [-0.05, 0) is 43.8 Å². The highest BCUT2D eigenvalue weighted by atomic mass is 32.2. The summed E-state index contributed by atoms with van der Waals surface area (Å²) in [5, 5.41) is 6.82. The molecule has 1 heterocycles. The maximum atomic E-state index is 13.0. The predicted molar refractivity (Wildman–Crippen MR) is 125 cm³/mol. The number of sulfonamides is 1. The highest BCUT2D eigenvalue weighted by Crippen LogP contribution is 2.31. The summed E-state index contributed by atoms with van der Waals surface area (Å²) in [5.74, 6) is 0. The van der Waals surface area contributed by atoms with Gasteiger partial charge in [-0.1, -0.05) is 13.8 Å². The van der Waals surface area contributed by atoms with Crippen molar-refractivity contribution in [3.63, 3.8) is 0 Å². The van der Waals surface area contributed by atoms with Crippen LogP contribution >= 0.6 is 12.2 Å². The third kappa shape index (κ3) is 6.78. The number of nitrogens with one attached hydrogen (secondary N) is 2. The molecule has 2 rings (SSSR count). The molecule has 0 atom stereocenters. The Labute approximate surface area is 186 Å². The van der Waals surface area contributed by atoms with Crippen LogP contribution in [-0.2, 0) is 19.5 Å². The van der Waals surface area contributed by atoms with E-state index in [1.54, 1.807) is 12.1 Å². The molecule has 0 saturated carbocycles. The molecule has 0 aliphatic carbocycles. The van der Waals surface area contributed by atoms with Gasteiger partial charge in [0.2, 0.25) is 10.0 Å². The third-order valence-electron chi connectivity index (χ3n) is 4.87. The number of hydrogen-bond donors (Lipinski definition) is 2. The summed E-state index contributed by atoms with van der Waals surface area (Å²) >= 11 is 5.44. The van der Waals surface area contributed by atoms with Crippen LogP contribution < -0.4 is 15.5 Å². The predicted octanol–water partition coefficient (Wildman–Crippen LogP) is 2.27. The first-order valence-corrected chi connectivity index (χ1v) is 12.4. The molecule has 2 N–H and O–H groups in total. The van der Waals surface area contributed by atoms with E-state index < -0.39 is 10.0 Å². The van der Waals surface area contributed by atoms with E-state index in [4.69, 9.17) is 21.7 Å². The van der Waals surface area contributed by atoms with Crippen molar-refractivity contribution in [3.05, 3.63) is 18.2 Å². The molecular formula is C20H34N4O4S2. The van der Waals surface area contributed by atoms with Crippen molar-refractivity contribution >= 4 is 38.7 Å². The largest absolute Gasteiger partial charge is 0.382 e. The summed E-state index contributed by atoms with van der Waals surface area (Å²) in [7, 11) is -3.56. The van der Waals surface area contributed by atoms with Crippen LogP contribution in [0.1, 0.15) is 27.2 Å². The number of morpholine rings is 1. The van der Waals surface area contributed by atoms with E-state index in [1.807, 2.05) is 26.8 Å². The van der Waals surface area contributed by atoms with Crippen LogP contribution in [0.3, 0.4) is 0 Å². The molecule has 30 heavy (non-hydrogen) atoms. The minimum atomic E-state index is -3.56. The Morgan fingerprint density at radius 2 is 1.93 bits per heavy atom. The molecule has 1 aliphatic rings. The van der Waals surface area contributed by atoms with Crippen LogP contribution in [0, 0.1) is 0 Å². The molecular weight excluding hydrogens is 424 g/mol. The summed E-state index contributed by atoms with van der Waals surface area (Å²) in [6, 6.07) is 5.19. The van der Waals surface area contributed by atoms with Gasteiger partial charge in [-0.25, -0.2) is 8.42 Å². The van der Waals surface area contributed by atoms with Crippen molar-refractivity contribution in [2.45, 2.75) is 32.1 Å². The van der Waals surface area contributed by atoms with Gasteiger partial charge in [0.05, 0.1) is 29.5 Å². The van der Waals surface area contributed by atoms with E-state index >= 15 is 0 Å². The fraction of sp³-hybridized carbons (Fsp3) is 0.650. The van der Waals surface area contributed by atoms with Crippen molar-refractivity contribution < 1.29 is 17.9 Å². The topological polar surface area (TPSA) is 83.1 Å². The molecule has 1 fully saturated rings. The molecule has 0 amide bonds. The molecule has 1 aliphatic heterocycles. The maximum absolute atomic E-state index is 13.0.